The molecule has 0 aliphatic carbocycles. The van der Waals surface area contributed by atoms with E-state index in [9.17, 15) is 26.3 Å². The van der Waals surface area contributed by atoms with E-state index in [1.54, 1.807) is 20.8 Å². The molecule has 1 N–H and O–H groups in total. The molecule has 0 fully saturated rings. The van der Waals surface area contributed by atoms with Gasteiger partial charge in [-0.15, -0.1) is 0 Å². The molecule has 30 heavy (non-hydrogen) atoms. The molecule has 2 heterocycles. The largest absolute Gasteiger partial charge is 0.418 e. The summed E-state index contributed by atoms with van der Waals surface area (Å²) < 4.78 is 82.7. The SMILES string of the molecule is CC/C(C)=N/N1C(c2cc(C(F)(F)F)c3[nH]ncc3c2)=C(C(F)(F)F)C=C(C)C1C. The maximum atomic E-state index is 13.9. The molecule has 1 aliphatic heterocycles. The maximum Gasteiger partial charge on any atom is 0.418 e. The number of fused-ring (bicyclic) bond motifs is 1. The minimum Gasteiger partial charge on any atom is -0.277 e. The van der Waals surface area contributed by atoms with Crippen molar-refractivity contribution in [2.75, 3.05) is 0 Å². The molecule has 0 amide bonds. The highest BCUT2D eigenvalue weighted by atomic mass is 19.4. The number of hydrazone groups is 1. The highest BCUT2D eigenvalue weighted by molar-refractivity contribution is 5.88. The second-order valence-corrected chi connectivity index (χ2v) is 7.21. The number of rotatable bonds is 3. The summed E-state index contributed by atoms with van der Waals surface area (Å²) in [5, 5.41) is 11.4. The second-order valence-electron chi connectivity index (χ2n) is 7.21. The number of nitrogens with zero attached hydrogens (tertiary/aromatic N) is 3. The summed E-state index contributed by atoms with van der Waals surface area (Å²) in [7, 11) is 0. The lowest BCUT2D eigenvalue weighted by molar-refractivity contribution is -0.136. The van der Waals surface area contributed by atoms with Gasteiger partial charge in [0.15, 0.2) is 0 Å². The van der Waals surface area contributed by atoms with Gasteiger partial charge in [0, 0.05) is 16.7 Å². The average Bonchev–Trinajstić information content (AvgIpc) is 3.11. The first-order chi connectivity index (χ1) is 13.8. The monoisotopic (exact) mass is 430 g/mol. The summed E-state index contributed by atoms with van der Waals surface area (Å²) in [6.45, 7) is 6.65. The lowest BCUT2D eigenvalue weighted by atomic mass is 9.93. The summed E-state index contributed by atoms with van der Waals surface area (Å²) in [5.74, 6) is 0. The fraction of sp³-hybridized carbons (Fsp3) is 0.400. The molecule has 1 unspecified atom stereocenters. The summed E-state index contributed by atoms with van der Waals surface area (Å²) in [6, 6.07) is 1.41. The van der Waals surface area contributed by atoms with Crippen LogP contribution in [0.1, 0.15) is 45.2 Å². The standard InChI is InChI=1S/C20H20F6N4/c1-5-11(3)29-30-12(4)10(2)6-16(20(24,25)26)18(30)13-7-14-9-27-28-17(14)15(8-13)19(21,22)23/h6-9,12H,5H2,1-4H3,(H,27,28)/b29-11+. The lowest BCUT2D eigenvalue weighted by Gasteiger charge is -2.36. The zero-order chi connectivity index (χ0) is 22.4. The van der Waals surface area contributed by atoms with Crippen LogP contribution in [0.25, 0.3) is 16.6 Å². The number of aromatic nitrogens is 2. The Balaban J connectivity index is 2.40. The Morgan fingerprint density at radius 3 is 2.40 bits per heavy atom. The Morgan fingerprint density at radius 1 is 1.17 bits per heavy atom. The van der Waals surface area contributed by atoms with Crippen molar-refractivity contribution in [2.24, 2.45) is 5.10 Å². The molecule has 0 saturated carbocycles. The van der Waals surface area contributed by atoms with Crippen molar-refractivity contribution in [1.82, 2.24) is 15.2 Å². The molecule has 0 radical (unpaired) electrons. The molecule has 0 spiro atoms. The molecule has 0 saturated heterocycles. The zero-order valence-electron chi connectivity index (χ0n) is 16.7. The molecule has 1 aromatic carbocycles. The van der Waals surface area contributed by atoms with Gasteiger partial charge in [-0.2, -0.15) is 36.5 Å². The van der Waals surface area contributed by atoms with Crippen LogP contribution in [-0.4, -0.2) is 33.1 Å². The van der Waals surface area contributed by atoms with Gasteiger partial charge in [-0.05, 0) is 51.0 Å². The second kappa shape index (κ2) is 7.48. The molecule has 1 aromatic heterocycles. The number of H-pyrrole nitrogens is 1. The van der Waals surface area contributed by atoms with Crippen LogP contribution in [0.5, 0.6) is 0 Å². The van der Waals surface area contributed by atoms with Crippen molar-refractivity contribution in [2.45, 2.75) is 52.5 Å². The number of alkyl halides is 6. The van der Waals surface area contributed by atoms with E-state index in [0.29, 0.717) is 23.8 Å². The van der Waals surface area contributed by atoms with Crippen LogP contribution in [0, 0.1) is 0 Å². The molecule has 3 rings (SSSR count). The zero-order valence-corrected chi connectivity index (χ0v) is 16.7. The minimum atomic E-state index is -4.78. The van der Waals surface area contributed by atoms with Crippen LogP contribution in [0.15, 0.2) is 40.7 Å². The molecule has 1 aliphatic rings. The predicted octanol–water partition coefficient (Wildman–Crippen LogP) is 6.29. The van der Waals surface area contributed by atoms with Gasteiger partial charge < -0.3 is 0 Å². The van der Waals surface area contributed by atoms with E-state index in [4.69, 9.17) is 0 Å². The summed E-state index contributed by atoms with van der Waals surface area (Å²) in [5.41, 5.74) is -2.10. The van der Waals surface area contributed by atoms with E-state index in [0.717, 1.165) is 12.3 Å². The molecule has 2 aromatic rings. The first-order valence-electron chi connectivity index (χ1n) is 9.22. The molecule has 162 valence electrons. The Kier molecular flexibility index (Phi) is 5.46. The van der Waals surface area contributed by atoms with Gasteiger partial charge in [0.25, 0.3) is 0 Å². The van der Waals surface area contributed by atoms with E-state index in [2.05, 4.69) is 15.3 Å². The minimum absolute atomic E-state index is 0.0592. The number of hydrogen-bond donors (Lipinski definition) is 1. The normalized spacial score (nSPS) is 19.0. The average molecular weight is 430 g/mol. The Bertz CT molecular complexity index is 1060. The van der Waals surface area contributed by atoms with E-state index < -0.39 is 35.2 Å². The van der Waals surface area contributed by atoms with Gasteiger partial charge in [0.05, 0.1) is 34.6 Å². The Morgan fingerprint density at radius 2 is 1.83 bits per heavy atom. The smallest absolute Gasteiger partial charge is 0.277 e. The van der Waals surface area contributed by atoms with E-state index in [-0.39, 0.29) is 16.5 Å². The van der Waals surface area contributed by atoms with Gasteiger partial charge in [-0.25, -0.2) is 0 Å². The number of hydrogen-bond acceptors (Lipinski definition) is 3. The van der Waals surface area contributed by atoms with E-state index in [1.165, 1.54) is 18.0 Å². The first kappa shape index (κ1) is 21.9. The number of benzene rings is 1. The summed E-state index contributed by atoms with van der Waals surface area (Å²) in [4.78, 5) is 0. The third kappa shape index (κ3) is 3.95. The van der Waals surface area contributed by atoms with Crippen LogP contribution >= 0.6 is 0 Å². The van der Waals surface area contributed by atoms with Crippen molar-refractivity contribution < 1.29 is 26.3 Å². The number of aromatic amines is 1. The number of halogens is 6. The van der Waals surface area contributed by atoms with Crippen molar-refractivity contribution >= 4 is 22.3 Å². The number of allylic oxidation sites excluding steroid dienone is 2. The first-order valence-corrected chi connectivity index (χ1v) is 9.22. The van der Waals surface area contributed by atoms with Crippen LogP contribution in [0.3, 0.4) is 0 Å². The molecular formula is C20H20F6N4. The third-order valence-corrected chi connectivity index (χ3v) is 5.11. The van der Waals surface area contributed by atoms with Gasteiger partial charge >= 0.3 is 12.4 Å². The third-order valence-electron chi connectivity index (χ3n) is 5.11. The highest BCUT2D eigenvalue weighted by Gasteiger charge is 2.42. The fourth-order valence-corrected chi connectivity index (χ4v) is 3.24. The summed E-state index contributed by atoms with van der Waals surface area (Å²) in [6.07, 6.45) is -6.96. The molecular weight excluding hydrogens is 410 g/mol. The van der Waals surface area contributed by atoms with Crippen LogP contribution in [-0.2, 0) is 6.18 Å². The van der Waals surface area contributed by atoms with Gasteiger partial charge in [0.2, 0.25) is 0 Å². The predicted molar refractivity (Wildman–Crippen MR) is 103 cm³/mol. The molecule has 10 heteroatoms. The van der Waals surface area contributed by atoms with E-state index in [1.807, 2.05) is 0 Å². The lowest BCUT2D eigenvalue weighted by Crippen LogP contribution is -2.35. The molecule has 0 bridgehead atoms. The van der Waals surface area contributed by atoms with Crippen molar-refractivity contribution in [1.29, 1.82) is 0 Å². The van der Waals surface area contributed by atoms with Gasteiger partial charge in [-0.1, -0.05) is 6.92 Å². The molecule has 4 nitrogen and oxygen atoms in total. The van der Waals surface area contributed by atoms with Crippen molar-refractivity contribution in [3.05, 3.63) is 46.7 Å². The van der Waals surface area contributed by atoms with Crippen LogP contribution in [0.4, 0.5) is 26.3 Å². The Hall–Kier alpha value is -2.78. The Labute approximate surface area is 168 Å². The van der Waals surface area contributed by atoms with Crippen molar-refractivity contribution in [3.63, 3.8) is 0 Å². The van der Waals surface area contributed by atoms with E-state index >= 15 is 0 Å². The van der Waals surface area contributed by atoms with Crippen molar-refractivity contribution in [3.8, 4) is 0 Å². The summed E-state index contributed by atoms with van der Waals surface area (Å²) >= 11 is 0. The quantitative estimate of drug-likeness (QED) is 0.459. The van der Waals surface area contributed by atoms with Crippen LogP contribution in [0.2, 0.25) is 0 Å². The van der Waals surface area contributed by atoms with Gasteiger partial charge in [-0.3, -0.25) is 10.1 Å². The molecule has 1 atom stereocenters. The fourth-order valence-electron chi connectivity index (χ4n) is 3.24. The topological polar surface area (TPSA) is 44.3 Å². The van der Waals surface area contributed by atoms with Gasteiger partial charge in [0.1, 0.15) is 0 Å². The number of nitrogens with one attached hydrogen (secondary N) is 1. The van der Waals surface area contributed by atoms with Crippen LogP contribution < -0.4 is 0 Å². The highest BCUT2D eigenvalue weighted by Crippen LogP contribution is 2.43. The maximum absolute atomic E-state index is 13.9.